The van der Waals surface area contributed by atoms with Crippen LogP contribution in [0.4, 0.5) is 13.2 Å². The maximum absolute atomic E-state index is 11.9. The summed E-state index contributed by atoms with van der Waals surface area (Å²) < 4.78 is 35.6. The molecule has 0 saturated heterocycles. The van der Waals surface area contributed by atoms with Gasteiger partial charge in [-0.2, -0.15) is 24.5 Å². The highest BCUT2D eigenvalue weighted by atomic mass is 32.1. The fourth-order valence-electron chi connectivity index (χ4n) is 0.978. The van der Waals surface area contributed by atoms with Gasteiger partial charge in [0.15, 0.2) is 5.84 Å². The van der Waals surface area contributed by atoms with Crippen LogP contribution >= 0.6 is 11.3 Å². The summed E-state index contributed by atoms with van der Waals surface area (Å²) in [5.41, 5.74) is 6.17. The summed E-state index contributed by atoms with van der Waals surface area (Å²) in [6.45, 7) is -0.140. The lowest BCUT2D eigenvalue weighted by Crippen LogP contribution is -2.39. The van der Waals surface area contributed by atoms with E-state index in [1.807, 2.05) is 0 Å². The second-order valence-corrected chi connectivity index (χ2v) is 4.35. The third-order valence-electron chi connectivity index (χ3n) is 1.96. The highest BCUT2D eigenvalue weighted by Gasteiger charge is 2.29. The van der Waals surface area contributed by atoms with Crippen LogP contribution in [-0.2, 0) is 9.63 Å². The largest absolute Gasteiger partial charge is 0.405 e. The molecule has 5 nitrogen and oxygen atoms in total. The molecule has 106 valence electrons. The first kappa shape index (κ1) is 15.3. The topological polar surface area (TPSA) is 76.7 Å². The van der Waals surface area contributed by atoms with Crippen molar-refractivity contribution in [3.8, 4) is 0 Å². The summed E-state index contributed by atoms with van der Waals surface area (Å²) >= 11 is 1.40. The summed E-state index contributed by atoms with van der Waals surface area (Å²) in [4.78, 5) is 16.0. The number of halogens is 3. The van der Waals surface area contributed by atoms with Crippen LogP contribution in [-0.4, -0.2) is 30.6 Å². The highest BCUT2D eigenvalue weighted by molar-refractivity contribution is 7.08. The van der Waals surface area contributed by atoms with Gasteiger partial charge in [0.2, 0.25) is 6.10 Å². The Labute approximate surface area is 111 Å². The monoisotopic (exact) mass is 295 g/mol. The van der Waals surface area contributed by atoms with E-state index in [2.05, 4.69) is 5.16 Å². The third kappa shape index (κ3) is 5.60. The summed E-state index contributed by atoms with van der Waals surface area (Å²) in [5, 5.41) is 8.67. The molecular formula is C10H12F3N3O2S. The van der Waals surface area contributed by atoms with E-state index >= 15 is 0 Å². The maximum atomic E-state index is 11.9. The van der Waals surface area contributed by atoms with Gasteiger partial charge < -0.3 is 15.9 Å². The number of hydrogen-bond donors (Lipinski definition) is 2. The normalized spacial score (nSPS) is 14.0. The number of amidine groups is 1. The SMILES string of the molecule is CC(O/N=C(\N)c1ccsc1)C(=O)NCC(F)(F)F. The molecule has 0 saturated carbocycles. The number of thiophene rings is 1. The molecule has 0 spiro atoms. The summed E-state index contributed by atoms with van der Waals surface area (Å²) in [6.07, 6.45) is -5.63. The van der Waals surface area contributed by atoms with Gasteiger partial charge >= 0.3 is 6.18 Å². The molecular weight excluding hydrogens is 283 g/mol. The molecule has 1 aromatic heterocycles. The van der Waals surface area contributed by atoms with Crippen molar-refractivity contribution >= 4 is 23.1 Å². The number of alkyl halides is 3. The summed E-state index contributed by atoms with van der Waals surface area (Å²) in [6, 6.07) is 1.70. The number of amides is 1. The minimum atomic E-state index is -4.46. The van der Waals surface area contributed by atoms with Crippen LogP contribution in [0.1, 0.15) is 12.5 Å². The Morgan fingerprint density at radius 2 is 2.32 bits per heavy atom. The van der Waals surface area contributed by atoms with Crippen LogP contribution in [0.2, 0.25) is 0 Å². The number of nitrogens with two attached hydrogens (primary N) is 1. The van der Waals surface area contributed by atoms with E-state index in [1.54, 1.807) is 22.1 Å². The van der Waals surface area contributed by atoms with Crippen LogP contribution in [0.25, 0.3) is 0 Å². The Morgan fingerprint density at radius 3 is 2.84 bits per heavy atom. The van der Waals surface area contributed by atoms with Gasteiger partial charge in [0, 0.05) is 10.9 Å². The first-order valence-corrected chi connectivity index (χ1v) is 6.10. The zero-order chi connectivity index (χ0) is 14.5. The van der Waals surface area contributed by atoms with Crippen LogP contribution in [0.15, 0.2) is 22.0 Å². The van der Waals surface area contributed by atoms with Gasteiger partial charge in [0.25, 0.3) is 5.91 Å². The molecule has 0 aromatic carbocycles. The molecule has 0 aliphatic rings. The molecule has 0 aliphatic carbocycles. The fourth-order valence-corrected chi connectivity index (χ4v) is 1.63. The minimum absolute atomic E-state index is 0.0525. The Balaban J connectivity index is 2.44. The average Bonchev–Trinajstić information content (AvgIpc) is 2.85. The molecule has 3 N–H and O–H groups in total. The zero-order valence-electron chi connectivity index (χ0n) is 9.90. The molecule has 0 fully saturated rings. The Morgan fingerprint density at radius 1 is 1.63 bits per heavy atom. The van der Waals surface area contributed by atoms with Crippen molar-refractivity contribution in [2.24, 2.45) is 10.9 Å². The van der Waals surface area contributed by atoms with Crippen LogP contribution in [0.3, 0.4) is 0 Å². The molecule has 1 unspecified atom stereocenters. The lowest BCUT2D eigenvalue weighted by Gasteiger charge is -2.12. The first-order valence-electron chi connectivity index (χ1n) is 5.16. The lowest BCUT2D eigenvalue weighted by atomic mass is 10.3. The maximum Gasteiger partial charge on any atom is 0.405 e. The zero-order valence-corrected chi connectivity index (χ0v) is 10.7. The standard InChI is InChI=1S/C10H12F3N3O2S/c1-6(9(17)15-5-10(11,12)13)18-16-8(14)7-2-3-19-4-7/h2-4,6H,5H2,1H3,(H2,14,16)(H,15,17). The smallest absolute Gasteiger partial charge is 0.381 e. The molecule has 1 aromatic rings. The van der Waals surface area contributed by atoms with Crippen LogP contribution in [0.5, 0.6) is 0 Å². The van der Waals surface area contributed by atoms with Crippen molar-refractivity contribution < 1.29 is 22.8 Å². The average molecular weight is 295 g/mol. The van der Waals surface area contributed by atoms with E-state index < -0.39 is 24.7 Å². The van der Waals surface area contributed by atoms with Gasteiger partial charge in [-0.25, -0.2) is 0 Å². The molecule has 0 radical (unpaired) electrons. The Hall–Kier alpha value is -1.77. The molecule has 1 atom stereocenters. The number of nitrogens with zero attached hydrogens (tertiary/aromatic N) is 1. The van der Waals surface area contributed by atoms with Crippen LogP contribution in [0, 0.1) is 0 Å². The van der Waals surface area contributed by atoms with E-state index in [9.17, 15) is 18.0 Å². The van der Waals surface area contributed by atoms with E-state index in [4.69, 9.17) is 10.6 Å². The summed E-state index contributed by atoms with van der Waals surface area (Å²) in [5.74, 6) is -0.865. The second-order valence-electron chi connectivity index (χ2n) is 3.57. The van der Waals surface area contributed by atoms with E-state index in [0.29, 0.717) is 5.56 Å². The Bertz CT molecular complexity index is 445. The molecule has 1 rings (SSSR count). The molecule has 1 heterocycles. The minimum Gasteiger partial charge on any atom is -0.381 e. The van der Waals surface area contributed by atoms with E-state index in [0.717, 1.165) is 0 Å². The van der Waals surface area contributed by atoms with Crippen molar-refractivity contribution in [2.75, 3.05) is 6.54 Å². The van der Waals surface area contributed by atoms with Crippen molar-refractivity contribution in [2.45, 2.75) is 19.2 Å². The van der Waals surface area contributed by atoms with Crippen molar-refractivity contribution in [1.29, 1.82) is 0 Å². The fraction of sp³-hybridized carbons (Fsp3) is 0.400. The van der Waals surface area contributed by atoms with Gasteiger partial charge in [-0.3, -0.25) is 4.79 Å². The van der Waals surface area contributed by atoms with E-state index in [-0.39, 0.29) is 5.84 Å². The molecule has 9 heteroatoms. The molecule has 0 bridgehead atoms. The number of oxime groups is 1. The molecule has 0 aliphatic heterocycles. The van der Waals surface area contributed by atoms with E-state index in [1.165, 1.54) is 18.3 Å². The lowest BCUT2D eigenvalue weighted by molar-refractivity contribution is -0.145. The number of carbonyl (C=O) groups excluding carboxylic acids is 1. The first-order chi connectivity index (χ1) is 8.79. The molecule has 19 heavy (non-hydrogen) atoms. The van der Waals surface area contributed by atoms with Gasteiger partial charge in [0.05, 0.1) is 0 Å². The summed E-state index contributed by atoms with van der Waals surface area (Å²) in [7, 11) is 0. The number of nitrogens with one attached hydrogen (secondary N) is 1. The Kier molecular flexibility index (Phi) is 5.16. The van der Waals surface area contributed by atoms with Crippen molar-refractivity contribution in [3.05, 3.63) is 22.4 Å². The van der Waals surface area contributed by atoms with Crippen LogP contribution < -0.4 is 11.1 Å². The van der Waals surface area contributed by atoms with Gasteiger partial charge in [-0.1, -0.05) is 5.16 Å². The number of rotatable bonds is 5. The van der Waals surface area contributed by atoms with Gasteiger partial charge in [-0.15, -0.1) is 0 Å². The number of carbonyl (C=O) groups is 1. The second kappa shape index (κ2) is 6.41. The van der Waals surface area contributed by atoms with Crippen molar-refractivity contribution in [3.63, 3.8) is 0 Å². The predicted octanol–water partition coefficient (Wildman–Crippen LogP) is 1.45. The number of hydrogen-bond acceptors (Lipinski definition) is 4. The quantitative estimate of drug-likeness (QED) is 0.490. The van der Waals surface area contributed by atoms with Crippen molar-refractivity contribution in [1.82, 2.24) is 5.32 Å². The predicted molar refractivity (Wildman–Crippen MR) is 64.7 cm³/mol. The molecule has 1 amide bonds. The highest BCUT2D eigenvalue weighted by Crippen LogP contribution is 2.12. The third-order valence-corrected chi connectivity index (χ3v) is 2.64. The van der Waals surface area contributed by atoms with Gasteiger partial charge in [0.1, 0.15) is 6.54 Å². The van der Waals surface area contributed by atoms with Gasteiger partial charge in [-0.05, 0) is 18.4 Å².